The summed E-state index contributed by atoms with van der Waals surface area (Å²) in [6.07, 6.45) is 5.17. The standard InChI is InChI=1S/C17H14N4O/c1-21(10-12-6-8-18-9-7-12)17-16-15(19-11-20-17)13-4-2-3-5-14(13)22-16/h2-9,11H,10H2,1H3. The molecule has 3 heterocycles. The van der Waals surface area contributed by atoms with Crippen molar-refractivity contribution in [2.45, 2.75) is 6.54 Å². The molecule has 0 N–H and O–H groups in total. The highest BCUT2D eigenvalue weighted by Gasteiger charge is 2.15. The van der Waals surface area contributed by atoms with Crippen LogP contribution in [0.25, 0.3) is 22.1 Å². The molecule has 0 aliphatic carbocycles. The topological polar surface area (TPSA) is 55.1 Å². The third-order valence-corrected chi connectivity index (χ3v) is 3.67. The molecular weight excluding hydrogens is 276 g/mol. The summed E-state index contributed by atoms with van der Waals surface area (Å²) in [7, 11) is 2.00. The minimum absolute atomic E-state index is 0.722. The van der Waals surface area contributed by atoms with Crippen molar-refractivity contribution in [1.29, 1.82) is 0 Å². The third-order valence-electron chi connectivity index (χ3n) is 3.67. The number of hydrogen-bond acceptors (Lipinski definition) is 5. The molecule has 0 amide bonds. The highest BCUT2D eigenvalue weighted by atomic mass is 16.3. The maximum atomic E-state index is 5.96. The van der Waals surface area contributed by atoms with Gasteiger partial charge in [0.25, 0.3) is 0 Å². The number of aromatic nitrogens is 3. The number of furan rings is 1. The molecule has 4 rings (SSSR count). The molecule has 4 aromatic rings. The highest BCUT2D eigenvalue weighted by molar-refractivity contribution is 6.05. The van der Waals surface area contributed by atoms with Crippen LogP contribution in [0.2, 0.25) is 0 Å². The molecule has 0 saturated carbocycles. The van der Waals surface area contributed by atoms with E-state index in [2.05, 4.69) is 19.9 Å². The number of nitrogens with zero attached hydrogens (tertiary/aromatic N) is 4. The summed E-state index contributed by atoms with van der Waals surface area (Å²) in [5.41, 5.74) is 3.57. The van der Waals surface area contributed by atoms with Gasteiger partial charge in [-0.15, -0.1) is 0 Å². The van der Waals surface area contributed by atoms with Gasteiger partial charge in [0.2, 0.25) is 0 Å². The van der Waals surface area contributed by atoms with Gasteiger partial charge in [0.05, 0.1) is 0 Å². The smallest absolute Gasteiger partial charge is 0.196 e. The number of hydrogen-bond donors (Lipinski definition) is 0. The van der Waals surface area contributed by atoms with Crippen LogP contribution >= 0.6 is 0 Å². The van der Waals surface area contributed by atoms with Crippen molar-refractivity contribution >= 4 is 27.9 Å². The van der Waals surface area contributed by atoms with E-state index in [4.69, 9.17) is 4.42 Å². The Hall–Kier alpha value is -2.95. The zero-order chi connectivity index (χ0) is 14.9. The van der Waals surface area contributed by atoms with Crippen LogP contribution in [-0.2, 0) is 6.54 Å². The lowest BCUT2D eigenvalue weighted by Crippen LogP contribution is -2.18. The van der Waals surface area contributed by atoms with Crippen LogP contribution in [0.3, 0.4) is 0 Å². The van der Waals surface area contributed by atoms with E-state index in [0.717, 1.165) is 34.4 Å². The first-order valence-corrected chi connectivity index (χ1v) is 7.05. The molecule has 22 heavy (non-hydrogen) atoms. The van der Waals surface area contributed by atoms with Crippen molar-refractivity contribution in [2.75, 3.05) is 11.9 Å². The van der Waals surface area contributed by atoms with E-state index < -0.39 is 0 Å². The second-order valence-corrected chi connectivity index (χ2v) is 5.18. The maximum Gasteiger partial charge on any atom is 0.196 e. The van der Waals surface area contributed by atoms with Crippen molar-refractivity contribution in [2.24, 2.45) is 0 Å². The van der Waals surface area contributed by atoms with Gasteiger partial charge in [-0.3, -0.25) is 4.98 Å². The Kier molecular flexibility index (Phi) is 2.96. The van der Waals surface area contributed by atoms with Gasteiger partial charge in [0, 0.05) is 31.4 Å². The highest BCUT2D eigenvalue weighted by Crippen LogP contribution is 2.31. The molecule has 108 valence electrons. The molecule has 1 aromatic carbocycles. The molecule has 0 spiro atoms. The molecular formula is C17H14N4O. The number of anilines is 1. The van der Waals surface area contributed by atoms with E-state index in [1.807, 2.05) is 43.4 Å². The molecule has 0 unspecified atom stereocenters. The molecule has 0 aliphatic heterocycles. The number of rotatable bonds is 3. The molecule has 0 aliphatic rings. The fourth-order valence-electron chi connectivity index (χ4n) is 2.62. The fraction of sp³-hybridized carbons (Fsp3) is 0.118. The van der Waals surface area contributed by atoms with Crippen molar-refractivity contribution in [3.63, 3.8) is 0 Å². The van der Waals surface area contributed by atoms with E-state index >= 15 is 0 Å². The predicted molar refractivity (Wildman–Crippen MR) is 85.7 cm³/mol. The van der Waals surface area contributed by atoms with Gasteiger partial charge >= 0.3 is 0 Å². The van der Waals surface area contributed by atoms with E-state index in [-0.39, 0.29) is 0 Å². The third kappa shape index (κ3) is 2.07. The Balaban J connectivity index is 1.81. The Morgan fingerprint density at radius 2 is 1.86 bits per heavy atom. The fourth-order valence-corrected chi connectivity index (χ4v) is 2.62. The maximum absolute atomic E-state index is 5.96. The van der Waals surface area contributed by atoms with Crippen LogP contribution in [0.5, 0.6) is 0 Å². The van der Waals surface area contributed by atoms with Crippen LogP contribution in [0.15, 0.2) is 59.5 Å². The van der Waals surface area contributed by atoms with Gasteiger partial charge in [0.1, 0.15) is 17.4 Å². The van der Waals surface area contributed by atoms with Gasteiger partial charge in [-0.2, -0.15) is 0 Å². The quantitative estimate of drug-likeness (QED) is 0.579. The molecule has 0 atom stereocenters. The summed E-state index contributed by atoms with van der Waals surface area (Å²) in [6, 6.07) is 11.9. The van der Waals surface area contributed by atoms with E-state index in [0.29, 0.717) is 0 Å². The van der Waals surface area contributed by atoms with E-state index in [1.165, 1.54) is 5.56 Å². The Labute approximate surface area is 127 Å². The molecule has 0 saturated heterocycles. The van der Waals surface area contributed by atoms with Crippen LogP contribution in [0.4, 0.5) is 5.82 Å². The number of para-hydroxylation sites is 1. The van der Waals surface area contributed by atoms with Crippen molar-refractivity contribution < 1.29 is 4.42 Å². The largest absolute Gasteiger partial charge is 0.450 e. The molecule has 0 fully saturated rings. The number of fused-ring (bicyclic) bond motifs is 3. The Morgan fingerprint density at radius 1 is 1.05 bits per heavy atom. The number of pyridine rings is 1. The first kappa shape index (κ1) is 12.8. The minimum atomic E-state index is 0.722. The van der Waals surface area contributed by atoms with Gasteiger partial charge in [0.15, 0.2) is 11.4 Å². The second kappa shape index (κ2) is 5.11. The predicted octanol–water partition coefficient (Wildman–Crippen LogP) is 3.41. The molecule has 5 nitrogen and oxygen atoms in total. The SMILES string of the molecule is CN(Cc1ccncc1)c1ncnc2c1oc1ccccc12. The van der Waals surface area contributed by atoms with Crippen LogP contribution < -0.4 is 4.90 Å². The van der Waals surface area contributed by atoms with Crippen LogP contribution in [0.1, 0.15) is 5.56 Å². The molecule has 5 heteroatoms. The first-order chi connectivity index (χ1) is 10.8. The Morgan fingerprint density at radius 3 is 2.73 bits per heavy atom. The number of benzene rings is 1. The van der Waals surface area contributed by atoms with Gasteiger partial charge in [-0.05, 0) is 29.8 Å². The molecule has 0 bridgehead atoms. The summed E-state index contributed by atoms with van der Waals surface area (Å²) in [6.45, 7) is 0.728. The van der Waals surface area contributed by atoms with Gasteiger partial charge in [-0.25, -0.2) is 9.97 Å². The lowest BCUT2D eigenvalue weighted by atomic mass is 10.2. The summed E-state index contributed by atoms with van der Waals surface area (Å²) in [5, 5.41) is 1.01. The van der Waals surface area contributed by atoms with E-state index in [1.54, 1.807) is 18.7 Å². The average Bonchev–Trinajstić information content (AvgIpc) is 2.94. The first-order valence-electron chi connectivity index (χ1n) is 7.05. The lowest BCUT2D eigenvalue weighted by Gasteiger charge is -2.17. The lowest BCUT2D eigenvalue weighted by molar-refractivity contribution is 0.662. The molecule has 0 radical (unpaired) electrons. The van der Waals surface area contributed by atoms with Gasteiger partial charge < -0.3 is 9.32 Å². The van der Waals surface area contributed by atoms with E-state index in [9.17, 15) is 0 Å². The summed E-state index contributed by atoms with van der Waals surface area (Å²) in [4.78, 5) is 14.9. The van der Waals surface area contributed by atoms with Crippen molar-refractivity contribution in [3.8, 4) is 0 Å². The van der Waals surface area contributed by atoms with Gasteiger partial charge in [-0.1, -0.05) is 12.1 Å². The minimum Gasteiger partial charge on any atom is -0.450 e. The zero-order valence-electron chi connectivity index (χ0n) is 12.1. The Bertz CT molecular complexity index is 933. The normalized spacial score (nSPS) is 11.1. The second-order valence-electron chi connectivity index (χ2n) is 5.18. The average molecular weight is 290 g/mol. The summed E-state index contributed by atoms with van der Waals surface area (Å²) in [5.74, 6) is 0.790. The van der Waals surface area contributed by atoms with Crippen LogP contribution in [-0.4, -0.2) is 22.0 Å². The summed E-state index contributed by atoms with van der Waals surface area (Å²) >= 11 is 0. The summed E-state index contributed by atoms with van der Waals surface area (Å²) < 4.78 is 5.96. The van der Waals surface area contributed by atoms with Crippen molar-refractivity contribution in [3.05, 3.63) is 60.7 Å². The van der Waals surface area contributed by atoms with Crippen LogP contribution in [0, 0.1) is 0 Å². The monoisotopic (exact) mass is 290 g/mol. The van der Waals surface area contributed by atoms with Crippen molar-refractivity contribution in [1.82, 2.24) is 15.0 Å². The zero-order valence-corrected chi connectivity index (χ0v) is 12.1. The molecule has 3 aromatic heterocycles.